The molecule has 0 aliphatic rings. The molecule has 2 amide bonds. The van der Waals surface area contributed by atoms with Gasteiger partial charge in [0.1, 0.15) is 0 Å². The summed E-state index contributed by atoms with van der Waals surface area (Å²) in [6.07, 6.45) is 1.62. The molecule has 128 valence electrons. The molecule has 0 aliphatic carbocycles. The van der Waals surface area contributed by atoms with Crippen LogP contribution in [0.3, 0.4) is 0 Å². The zero-order valence-electron chi connectivity index (χ0n) is 13.9. The quantitative estimate of drug-likeness (QED) is 0.730. The van der Waals surface area contributed by atoms with E-state index < -0.39 is 11.9 Å². The molecule has 2 aromatic rings. The summed E-state index contributed by atoms with van der Waals surface area (Å²) in [7, 11) is 0. The lowest BCUT2D eigenvalue weighted by Gasteiger charge is -2.11. The highest BCUT2D eigenvalue weighted by atomic mass is 16.4. The molecule has 6 heteroatoms. The molecule has 2 aromatic carbocycles. The van der Waals surface area contributed by atoms with Gasteiger partial charge in [0.2, 0.25) is 5.91 Å². The van der Waals surface area contributed by atoms with Gasteiger partial charge in [-0.25, -0.2) is 4.79 Å². The molecule has 0 aliphatic heterocycles. The van der Waals surface area contributed by atoms with Crippen LogP contribution in [0.5, 0.6) is 0 Å². The molecule has 2 rings (SSSR count). The monoisotopic (exact) mass is 338 g/mol. The number of carbonyl (C=O) groups is 3. The van der Waals surface area contributed by atoms with Crippen LogP contribution in [0.15, 0.2) is 54.6 Å². The van der Waals surface area contributed by atoms with Crippen molar-refractivity contribution in [3.63, 3.8) is 0 Å². The van der Waals surface area contributed by atoms with Crippen LogP contribution in [0.2, 0.25) is 0 Å². The van der Waals surface area contributed by atoms with Crippen LogP contribution in [-0.2, 0) is 9.59 Å². The van der Waals surface area contributed by atoms with E-state index in [9.17, 15) is 14.4 Å². The minimum absolute atomic E-state index is 0.276. The van der Waals surface area contributed by atoms with E-state index in [4.69, 9.17) is 5.11 Å². The molecule has 6 nitrogen and oxygen atoms in total. The average molecular weight is 338 g/mol. The predicted molar refractivity (Wildman–Crippen MR) is 95.7 cm³/mol. The number of amides is 2. The van der Waals surface area contributed by atoms with Gasteiger partial charge in [-0.1, -0.05) is 18.2 Å². The van der Waals surface area contributed by atoms with Gasteiger partial charge in [0.15, 0.2) is 0 Å². The van der Waals surface area contributed by atoms with Gasteiger partial charge in [-0.15, -0.1) is 0 Å². The van der Waals surface area contributed by atoms with Crippen molar-refractivity contribution in [2.45, 2.75) is 13.8 Å². The number of carbonyl (C=O) groups excluding carboxylic acids is 2. The Hall–Kier alpha value is -3.41. The predicted octanol–water partition coefficient (Wildman–Crippen LogP) is 3.14. The molecule has 0 fully saturated rings. The van der Waals surface area contributed by atoms with Gasteiger partial charge in [-0.05, 0) is 49.2 Å². The van der Waals surface area contributed by atoms with Gasteiger partial charge in [0, 0.05) is 17.8 Å². The van der Waals surface area contributed by atoms with Crippen molar-refractivity contribution in [1.82, 2.24) is 0 Å². The standard InChI is InChI=1S/C19H18N2O4/c1-12-7-8-14(11-13(12)2)20-19(25)15-5-3-4-6-16(15)21-17(22)9-10-18(23)24/h3-11H,1-2H3,(H,20,25)(H,21,22)(H,23,24). The number of carboxylic acid groups (broad SMARTS) is 1. The van der Waals surface area contributed by atoms with E-state index in [2.05, 4.69) is 10.6 Å². The number of rotatable bonds is 5. The van der Waals surface area contributed by atoms with Crippen molar-refractivity contribution in [2.75, 3.05) is 10.6 Å². The summed E-state index contributed by atoms with van der Waals surface area (Å²) < 4.78 is 0. The molecule has 0 bridgehead atoms. The lowest BCUT2D eigenvalue weighted by molar-refractivity contribution is -0.131. The normalized spacial score (nSPS) is 10.5. The van der Waals surface area contributed by atoms with Crippen molar-refractivity contribution < 1.29 is 19.5 Å². The van der Waals surface area contributed by atoms with Crippen LogP contribution < -0.4 is 10.6 Å². The van der Waals surface area contributed by atoms with E-state index in [0.29, 0.717) is 11.4 Å². The Kier molecular flexibility index (Phi) is 5.68. The van der Waals surface area contributed by atoms with E-state index in [1.54, 1.807) is 30.3 Å². The summed E-state index contributed by atoms with van der Waals surface area (Å²) in [4.78, 5) is 34.7. The van der Waals surface area contributed by atoms with E-state index in [0.717, 1.165) is 23.3 Å². The third-order valence-electron chi connectivity index (χ3n) is 3.57. The molecule has 0 aromatic heterocycles. The Morgan fingerprint density at radius 2 is 1.64 bits per heavy atom. The number of anilines is 2. The molecule has 0 saturated carbocycles. The number of aliphatic carboxylic acids is 1. The summed E-state index contributed by atoms with van der Waals surface area (Å²) in [5.41, 5.74) is 3.40. The first-order valence-electron chi connectivity index (χ1n) is 7.56. The number of nitrogens with one attached hydrogen (secondary N) is 2. The maximum atomic E-state index is 12.5. The Bertz CT molecular complexity index is 856. The van der Waals surface area contributed by atoms with Gasteiger partial charge >= 0.3 is 5.97 Å². The summed E-state index contributed by atoms with van der Waals surface area (Å²) in [5, 5.41) is 13.8. The highest BCUT2D eigenvalue weighted by molar-refractivity contribution is 6.11. The topological polar surface area (TPSA) is 95.5 Å². The SMILES string of the molecule is Cc1ccc(NC(=O)c2ccccc2NC(=O)C=CC(=O)O)cc1C. The van der Waals surface area contributed by atoms with Crippen LogP contribution >= 0.6 is 0 Å². The van der Waals surface area contributed by atoms with Crippen LogP contribution in [0.25, 0.3) is 0 Å². The smallest absolute Gasteiger partial charge is 0.328 e. The summed E-state index contributed by atoms with van der Waals surface area (Å²) >= 11 is 0. The lowest BCUT2D eigenvalue weighted by Crippen LogP contribution is -2.17. The van der Waals surface area contributed by atoms with Crippen LogP contribution in [0, 0.1) is 13.8 Å². The zero-order valence-corrected chi connectivity index (χ0v) is 13.9. The first-order valence-corrected chi connectivity index (χ1v) is 7.56. The summed E-state index contributed by atoms with van der Waals surface area (Å²) in [6.45, 7) is 3.93. The van der Waals surface area contributed by atoms with E-state index in [1.165, 1.54) is 0 Å². The van der Waals surface area contributed by atoms with E-state index in [1.807, 2.05) is 26.0 Å². The Balaban J connectivity index is 2.18. The number of para-hydroxylation sites is 1. The molecule has 0 unspecified atom stereocenters. The van der Waals surface area contributed by atoms with Gasteiger partial charge in [0.05, 0.1) is 11.3 Å². The highest BCUT2D eigenvalue weighted by Gasteiger charge is 2.13. The minimum atomic E-state index is -1.23. The zero-order chi connectivity index (χ0) is 18.4. The molecule has 0 atom stereocenters. The number of carboxylic acids is 1. The van der Waals surface area contributed by atoms with Crippen molar-refractivity contribution in [2.24, 2.45) is 0 Å². The number of aryl methyl sites for hydroxylation is 2. The second-order valence-electron chi connectivity index (χ2n) is 5.46. The summed E-state index contributed by atoms with van der Waals surface area (Å²) in [5.74, 6) is -2.23. The first-order chi connectivity index (χ1) is 11.9. The Labute approximate surface area is 145 Å². The fourth-order valence-corrected chi connectivity index (χ4v) is 2.13. The molecular formula is C19H18N2O4. The van der Waals surface area contributed by atoms with Crippen LogP contribution in [-0.4, -0.2) is 22.9 Å². The van der Waals surface area contributed by atoms with Crippen molar-refractivity contribution >= 4 is 29.2 Å². The van der Waals surface area contributed by atoms with Crippen molar-refractivity contribution in [1.29, 1.82) is 0 Å². The first kappa shape index (κ1) is 17.9. The van der Waals surface area contributed by atoms with Crippen LogP contribution in [0.1, 0.15) is 21.5 Å². The van der Waals surface area contributed by atoms with Crippen LogP contribution in [0.4, 0.5) is 11.4 Å². The summed E-state index contributed by atoms with van der Waals surface area (Å²) in [6, 6.07) is 12.1. The van der Waals surface area contributed by atoms with E-state index >= 15 is 0 Å². The third-order valence-corrected chi connectivity index (χ3v) is 3.57. The molecule has 0 radical (unpaired) electrons. The highest BCUT2D eigenvalue weighted by Crippen LogP contribution is 2.19. The van der Waals surface area contributed by atoms with Gasteiger partial charge in [-0.2, -0.15) is 0 Å². The van der Waals surface area contributed by atoms with Gasteiger partial charge in [0.25, 0.3) is 5.91 Å². The lowest BCUT2D eigenvalue weighted by atomic mass is 10.1. The van der Waals surface area contributed by atoms with Crippen molar-refractivity contribution in [3.05, 3.63) is 71.3 Å². The maximum Gasteiger partial charge on any atom is 0.328 e. The average Bonchev–Trinajstić information content (AvgIpc) is 2.57. The number of hydrogen-bond acceptors (Lipinski definition) is 3. The third kappa shape index (κ3) is 5.04. The fraction of sp³-hybridized carbons (Fsp3) is 0.105. The molecule has 0 saturated heterocycles. The number of hydrogen-bond donors (Lipinski definition) is 3. The van der Waals surface area contributed by atoms with Gasteiger partial charge in [-0.3, -0.25) is 9.59 Å². The fourth-order valence-electron chi connectivity index (χ4n) is 2.13. The molecular weight excluding hydrogens is 320 g/mol. The van der Waals surface area contributed by atoms with Gasteiger partial charge < -0.3 is 15.7 Å². The Morgan fingerprint density at radius 1 is 0.920 bits per heavy atom. The largest absolute Gasteiger partial charge is 0.478 e. The molecule has 25 heavy (non-hydrogen) atoms. The minimum Gasteiger partial charge on any atom is -0.478 e. The molecule has 3 N–H and O–H groups in total. The Morgan fingerprint density at radius 3 is 2.32 bits per heavy atom. The molecule has 0 heterocycles. The maximum absolute atomic E-state index is 12.5. The molecule has 0 spiro atoms. The second-order valence-corrected chi connectivity index (χ2v) is 5.46. The number of benzene rings is 2. The van der Waals surface area contributed by atoms with Crippen molar-refractivity contribution in [3.8, 4) is 0 Å². The van der Waals surface area contributed by atoms with E-state index in [-0.39, 0.29) is 11.5 Å². The second kappa shape index (κ2) is 7.92.